The Morgan fingerprint density at radius 2 is 2.12 bits per heavy atom. The van der Waals surface area contributed by atoms with E-state index in [2.05, 4.69) is 15.1 Å². The summed E-state index contributed by atoms with van der Waals surface area (Å²) in [6.45, 7) is 11.1. The molecule has 1 amide bonds. The van der Waals surface area contributed by atoms with Crippen LogP contribution in [-0.4, -0.2) is 64.7 Å². The highest BCUT2D eigenvalue weighted by atomic mass is 16.5. The fourth-order valence-corrected chi connectivity index (χ4v) is 3.89. The summed E-state index contributed by atoms with van der Waals surface area (Å²) >= 11 is 0. The number of carbonyl (C=O) groups is 1. The van der Waals surface area contributed by atoms with Gasteiger partial charge in [0.1, 0.15) is 0 Å². The number of carbonyl (C=O) groups excluding carboxylic acids is 1. The topological polar surface area (TPSA) is 61.5 Å². The molecule has 1 N–H and O–H groups in total. The van der Waals surface area contributed by atoms with E-state index in [9.17, 15) is 4.79 Å². The number of aromatic nitrogens is 2. The molecule has 1 aromatic rings. The normalized spacial score (nSPS) is 24.1. The first-order valence-electron chi connectivity index (χ1n) is 9.34. The minimum atomic E-state index is -0.0250. The largest absolute Gasteiger partial charge is 0.369 e. The van der Waals surface area contributed by atoms with Gasteiger partial charge in [-0.2, -0.15) is 5.10 Å². The molecule has 0 aliphatic carbocycles. The number of hydrogen-bond acceptors (Lipinski definition) is 4. The predicted octanol–water partition coefficient (Wildman–Crippen LogP) is 2.38. The van der Waals surface area contributed by atoms with Gasteiger partial charge in [-0.05, 0) is 59.7 Å². The summed E-state index contributed by atoms with van der Waals surface area (Å²) in [7, 11) is 0. The Balaban J connectivity index is 1.63. The minimum Gasteiger partial charge on any atom is -0.369 e. The van der Waals surface area contributed by atoms with Crippen LogP contribution in [0, 0.1) is 0 Å². The van der Waals surface area contributed by atoms with Crippen LogP contribution >= 0.6 is 0 Å². The zero-order chi connectivity index (χ0) is 17.1. The van der Waals surface area contributed by atoms with Crippen molar-refractivity contribution >= 4 is 5.91 Å². The third kappa shape index (κ3) is 3.64. The van der Waals surface area contributed by atoms with Crippen molar-refractivity contribution in [3.05, 3.63) is 17.0 Å². The second kappa shape index (κ2) is 7.66. The molecule has 134 valence electrons. The van der Waals surface area contributed by atoms with Gasteiger partial charge in [-0.1, -0.05) is 0 Å². The third-order valence-electron chi connectivity index (χ3n) is 5.21. The van der Waals surface area contributed by atoms with Gasteiger partial charge in [-0.3, -0.25) is 9.89 Å². The van der Waals surface area contributed by atoms with Crippen molar-refractivity contribution in [3.63, 3.8) is 0 Å². The Morgan fingerprint density at radius 3 is 2.83 bits per heavy atom. The van der Waals surface area contributed by atoms with Crippen molar-refractivity contribution < 1.29 is 9.53 Å². The molecule has 6 nitrogen and oxygen atoms in total. The molecule has 1 saturated heterocycles. The summed E-state index contributed by atoms with van der Waals surface area (Å²) < 4.78 is 5.81. The number of nitrogens with one attached hydrogen (secondary N) is 1. The van der Waals surface area contributed by atoms with Crippen molar-refractivity contribution in [2.75, 3.05) is 32.7 Å². The molecular formula is C18H30N4O2. The highest BCUT2D eigenvalue weighted by Crippen LogP contribution is 2.30. The fraction of sp³-hybridized carbons (Fsp3) is 0.778. The zero-order valence-corrected chi connectivity index (χ0v) is 15.2. The minimum absolute atomic E-state index is 0.0250. The number of ether oxygens (including phenoxy) is 1. The number of amides is 1. The van der Waals surface area contributed by atoms with E-state index < -0.39 is 0 Å². The maximum atomic E-state index is 12.9. The van der Waals surface area contributed by atoms with Crippen LogP contribution < -0.4 is 0 Å². The molecule has 0 unspecified atom stereocenters. The van der Waals surface area contributed by atoms with Crippen molar-refractivity contribution in [3.8, 4) is 0 Å². The lowest BCUT2D eigenvalue weighted by Crippen LogP contribution is -2.35. The third-order valence-corrected chi connectivity index (χ3v) is 5.21. The summed E-state index contributed by atoms with van der Waals surface area (Å²) in [5.74, 6) is 0.0534. The second-order valence-electron chi connectivity index (χ2n) is 7.04. The molecule has 1 fully saturated rings. The lowest BCUT2D eigenvalue weighted by Gasteiger charge is -2.26. The number of H-pyrrole nitrogens is 1. The smallest absolute Gasteiger partial charge is 0.274 e. The average Bonchev–Trinajstić information content (AvgIpc) is 3.20. The van der Waals surface area contributed by atoms with E-state index in [1.165, 1.54) is 25.9 Å². The SMILES string of the molecule is CCN(CCCN1CCCC1)C(=O)c1n[nH]c2c1C[C@H](C)O[C@@H]2C. The van der Waals surface area contributed by atoms with Crippen LogP contribution in [0.3, 0.4) is 0 Å². The molecule has 24 heavy (non-hydrogen) atoms. The molecule has 2 aliphatic heterocycles. The first-order valence-corrected chi connectivity index (χ1v) is 9.34. The van der Waals surface area contributed by atoms with Gasteiger partial charge >= 0.3 is 0 Å². The van der Waals surface area contributed by atoms with Gasteiger partial charge in [0.2, 0.25) is 0 Å². The van der Waals surface area contributed by atoms with Gasteiger partial charge in [0.15, 0.2) is 5.69 Å². The molecular weight excluding hydrogens is 304 g/mol. The second-order valence-corrected chi connectivity index (χ2v) is 7.04. The highest BCUT2D eigenvalue weighted by molar-refractivity contribution is 5.94. The van der Waals surface area contributed by atoms with Crippen molar-refractivity contribution in [1.82, 2.24) is 20.0 Å². The van der Waals surface area contributed by atoms with E-state index in [-0.39, 0.29) is 18.1 Å². The zero-order valence-electron chi connectivity index (χ0n) is 15.2. The molecule has 1 aromatic heterocycles. The maximum Gasteiger partial charge on any atom is 0.274 e. The van der Waals surface area contributed by atoms with Crippen molar-refractivity contribution in [2.24, 2.45) is 0 Å². The summed E-state index contributed by atoms with van der Waals surface area (Å²) in [6, 6.07) is 0. The van der Waals surface area contributed by atoms with Gasteiger partial charge in [-0.15, -0.1) is 0 Å². The van der Waals surface area contributed by atoms with Gasteiger partial charge in [0, 0.05) is 25.1 Å². The Labute approximate surface area is 144 Å². The standard InChI is InChI=1S/C18H30N4O2/c1-4-22(11-7-10-21-8-5-6-9-21)18(23)17-15-12-13(2)24-14(3)16(15)19-20-17/h13-14H,4-12H2,1-3H3,(H,19,20)/t13-,14+/m0/s1. The first kappa shape index (κ1) is 17.4. The number of fused-ring (bicyclic) bond motifs is 1. The molecule has 0 radical (unpaired) electrons. The number of rotatable bonds is 6. The number of nitrogens with zero attached hydrogens (tertiary/aromatic N) is 3. The molecule has 3 heterocycles. The van der Waals surface area contributed by atoms with Crippen LogP contribution in [0.2, 0.25) is 0 Å². The van der Waals surface area contributed by atoms with Crippen LogP contribution in [0.1, 0.15) is 67.9 Å². The predicted molar refractivity (Wildman–Crippen MR) is 93.1 cm³/mol. The Kier molecular flexibility index (Phi) is 5.56. The van der Waals surface area contributed by atoms with E-state index in [0.29, 0.717) is 5.69 Å². The summed E-state index contributed by atoms with van der Waals surface area (Å²) in [5, 5.41) is 7.36. The Hall–Kier alpha value is -1.40. The Morgan fingerprint density at radius 1 is 1.38 bits per heavy atom. The number of aromatic amines is 1. The number of hydrogen-bond donors (Lipinski definition) is 1. The van der Waals surface area contributed by atoms with E-state index >= 15 is 0 Å². The van der Waals surface area contributed by atoms with Gasteiger partial charge in [0.05, 0.1) is 17.9 Å². The molecule has 6 heteroatoms. The average molecular weight is 334 g/mol. The van der Waals surface area contributed by atoms with Crippen molar-refractivity contribution in [2.45, 2.75) is 58.7 Å². The van der Waals surface area contributed by atoms with Crippen LogP contribution in [0.15, 0.2) is 0 Å². The summed E-state index contributed by atoms with van der Waals surface area (Å²) in [4.78, 5) is 17.4. The van der Waals surface area contributed by atoms with Crippen LogP contribution in [0.25, 0.3) is 0 Å². The maximum absolute atomic E-state index is 12.9. The monoisotopic (exact) mass is 334 g/mol. The molecule has 0 aromatic carbocycles. The van der Waals surface area contributed by atoms with Gasteiger partial charge in [0.25, 0.3) is 5.91 Å². The van der Waals surface area contributed by atoms with Crippen LogP contribution in [0.4, 0.5) is 0 Å². The highest BCUT2D eigenvalue weighted by Gasteiger charge is 2.31. The molecule has 0 saturated carbocycles. The van der Waals surface area contributed by atoms with E-state index in [1.54, 1.807) is 0 Å². The molecule has 2 atom stereocenters. The Bertz CT molecular complexity index is 565. The van der Waals surface area contributed by atoms with E-state index in [0.717, 1.165) is 43.7 Å². The quantitative estimate of drug-likeness (QED) is 0.868. The number of likely N-dealkylation sites (tertiary alicyclic amines) is 1. The molecule has 0 bridgehead atoms. The lowest BCUT2D eigenvalue weighted by atomic mass is 9.99. The first-order chi connectivity index (χ1) is 11.6. The fourth-order valence-electron chi connectivity index (χ4n) is 3.89. The van der Waals surface area contributed by atoms with Crippen molar-refractivity contribution in [1.29, 1.82) is 0 Å². The molecule has 0 spiro atoms. The summed E-state index contributed by atoms with van der Waals surface area (Å²) in [5.41, 5.74) is 2.60. The van der Waals surface area contributed by atoms with E-state index in [1.807, 2.05) is 25.7 Å². The van der Waals surface area contributed by atoms with Crippen LogP contribution in [0.5, 0.6) is 0 Å². The van der Waals surface area contributed by atoms with Gasteiger partial charge < -0.3 is 14.5 Å². The van der Waals surface area contributed by atoms with Gasteiger partial charge in [-0.25, -0.2) is 0 Å². The summed E-state index contributed by atoms with van der Waals surface area (Å²) in [6.07, 6.45) is 4.51. The molecule has 2 aliphatic rings. The molecule has 3 rings (SSSR count). The van der Waals surface area contributed by atoms with E-state index in [4.69, 9.17) is 4.74 Å². The lowest BCUT2D eigenvalue weighted by molar-refractivity contribution is -0.00701. The van der Waals surface area contributed by atoms with Crippen LogP contribution in [-0.2, 0) is 11.2 Å².